The Kier molecular flexibility index (Phi) is 7.32. The van der Waals surface area contributed by atoms with Crippen LogP contribution in [-0.2, 0) is 4.79 Å². The van der Waals surface area contributed by atoms with Gasteiger partial charge in [-0.15, -0.1) is 0 Å². The maximum Gasteiger partial charge on any atom is 0.407 e. The zero-order valence-corrected chi connectivity index (χ0v) is 23.3. The molecule has 2 aliphatic rings. The topological polar surface area (TPSA) is 130 Å². The molecule has 0 radical (unpaired) electrons. The molecular formula is C31H31FN6O4. The summed E-state index contributed by atoms with van der Waals surface area (Å²) in [5.74, 6) is 0.614. The summed E-state index contributed by atoms with van der Waals surface area (Å²) < 4.78 is 21.3. The Morgan fingerprint density at radius 3 is 2.64 bits per heavy atom. The Labute approximate surface area is 242 Å². The number of aromatic nitrogens is 3. The second-order valence-electron chi connectivity index (χ2n) is 11.1. The number of piperidine rings is 1. The number of fused-ring (bicyclic) bond motifs is 1. The summed E-state index contributed by atoms with van der Waals surface area (Å²) in [7, 11) is 0. The summed E-state index contributed by atoms with van der Waals surface area (Å²) in [4.78, 5) is 39.0. The number of amides is 2. The van der Waals surface area contributed by atoms with Crippen LogP contribution in [0.1, 0.15) is 31.7 Å². The highest BCUT2D eigenvalue weighted by molar-refractivity contribution is 6.05. The number of nitrogens with zero attached hydrogens (tertiary/aromatic N) is 4. The highest BCUT2D eigenvalue weighted by Crippen LogP contribution is 2.40. The van der Waals surface area contributed by atoms with Gasteiger partial charge in [-0.1, -0.05) is 19.1 Å². The van der Waals surface area contributed by atoms with Crippen LogP contribution in [0.4, 0.5) is 20.8 Å². The lowest BCUT2D eigenvalue weighted by Crippen LogP contribution is -2.47. The quantitative estimate of drug-likeness (QED) is 0.244. The fraction of sp³-hybridized carbons (Fsp3) is 0.323. The van der Waals surface area contributed by atoms with Gasteiger partial charge in [0.2, 0.25) is 17.7 Å². The van der Waals surface area contributed by atoms with E-state index in [4.69, 9.17) is 9.72 Å². The summed E-state index contributed by atoms with van der Waals surface area (Å²) >= 11 is 0. The van der Waals surface area contributed by atoms with Crippen molar-refractivity contribution in [2.75, 3.05) is 23.7 Å². The van der Waals surface area contributed by atoms with E-state index >= 15 is 0 Å². The fourth-order valence-corrected chi connectivity index (χ4v) is 5.43. The lowest BCUT2D eigenvalue weighted by molar-refractivity contribution is -0.117. The summed E-state index contributed by atoms with van der Waals surface area (Å²) in [5, 5.41) is 16.7. The monoisotopic (exact) mass is 570 g/mol. The number of rotatable bonds is 7. The molecule has 1 saturated carbocycles. The van der Waals surface area contributed by atoms with Gasteiger partial charge in [-0.3, -0.25) is 4.79 Å². The van der Waals surface area contributed by atoms with E-state index in [1.807, 2.05) is 26.0 Å². The molecule has 1 aliphatic carbocycles. The molecule has 216 valence electrons. The predicted octanol–water partition coefficient (Wildman–Crippen LogP) is 6.08. The molecule has 2 atom stereocenters. The molecule has 2 amide bonds. The molecule has 0 unspecified atom stereocenters. The van der Waals surface area contributed by atoms with Crippen molar-refractivity contribution in [3.05, 3.63) is 66.2 Å². The van der Waals surface area contributed by atoms with Gasteiger partial charge in [0.05, 0.1) is 16.9 Å². The SMILES string of the molecule is Cc1ccc2c(NC(=O)C3CC3)c(F)ccc2c1Oc1ncccc1-c1ccnc(N[C@H]2C[C@@H](C)CN(C(=O)O)C2)n1. The first-order valence-corrected chi connectivity index (χ1v) is 14.0. The minimum absolute atomic E-state index is 0.0678. The number of carboxylic acid groups (broad SMARTS) is 1. The number of anilines is 2. The number of aryl methyl sites for hydroxylation is 1. The van der Waals surface area contributed by atoms with Crippen molar-refractivity contribution in [1.82, 2.24) is 19.9 Å². The van der Waals surface area contributed by atoms with Crippen LogP contribution in [0.3, 0.4) is 0 Å². The molecule has 2 aromatic carbocycles. The smallest absolute Gasteiger partial charge is 0.407 e. The van der Waals surface area contributed by atoms with E-state index in [1.165, 1.54) is 11.0 Å². The van der Waals surface area contributed by atoms with Gasteiger partial charge in [0.25, 0.3) is 0 Å². The van der Waals surface area contributed by atoms with Gasteiger partial charge in [-0.05, 0) is 68.0 Å². The number of halogens is 1. The molecule has 1 aliphatic heterocycles. The van der Waals surface area contributed by atoms with Crippen LogP contribution in [0.15, 0.2) is 54.9 Å². The first-order chi connectivity index (χ1) is 20.3. The Bertz CT molecular complexity index is 1680. The van der Waals surface area contributed by atoms with E-state index in [1.54, 1.807) is 36.7 Å². The number of carbonyl (C=O) groups excluding carboxylic acids is 1. The molecule has 3 N–H and O–H groups in total. The van der Waals surface area contributed by atoms with Crippen molar-refractivity contribution in [3.63, 3.8) is 0 Å². The normalized spacial score (nSPS) is 18.5. The second-order valence-corrected chi connectivity index (χ2v) is 11.1. The number of nitrogens with one attached hydrogen (secondary N) is 2. The van der Waals surface area contributed by atoms with Crippen molar-refractivity contribution in [2.45, 2.75) is 39.2 Å². The molecule has 3 heterocycles. The number of carbonyl (C=O) groups is 2. The Morgan fingerprint density at radius 1 is 1.05 bits per heavy atom. The number of pyridine rings is 1. The van der Waals surface area contributed by atoms with Gasteiger partial charge >= 0.3 is 6.09 Å². The number of hydrogen-bond acceptors (Lipinski definition) is 7. The number of likely N-dealkylation sites (tertiary alicyclic amines) is 1. The third-order valence-electron chi connectivity index (χ3n) is 7.66. The van der Waals surface area contributed by atoms with Crippen LogP contribution in [-0.4, -0.2) is 56.1 Å². The van der Waals surface area contributed by atoms with Crippen LogP contribution < -0.4 is 15.4 Å². The highest BCUT2D eigenvalue weighted by atomic mass is 19.1. The van der Waals surface area contributed by atoms with E-state index in [0.29, 0.717) is 52.7 Å². The van der Waals surface area contributed by atoms with Gasteiger partial charge in [0.15, 0.2) is 0 Å². The lowest BCUT2D eigenvalue weighted by Gasteiger charge is -2.35. The second kappa shape index (κ2) is 11.2. The van der Waals surface area contributed by atoms with Crippen molar-refractivity contribution in [1.29, 1.82) is 0 Å². The molecule has 1 saturated heterocycles. The molecule has 11 heteroatoms. The zero-order chi connectivity index (χ0) is 29.4. The molecular weight excluding hydrogens is 539 g/mol. The minimum Gasteiger partial charge on any atom is -0.465 e. The molecule has 42 heavy (non-hydrogen) atoms. The Hall–Kier alpha value is -4.80. The maximum absolute atomic E-state index is 14.9. The van der Waals surface area contributed by atoms with Crippen LogP contribution in [0, 0.1) is 24.6 Å². The van der Waals surface area contributed by atoms with Gasteiger partial charge in [0.1, 0.15) is 11.6 Å². The van der Waals surface area contributed by atoms with E-state index in [9.17, 15) is 19.1 Å². The van der Waals surface area contributed by atoms with Gasteiger partial charge in [-0.25, -0.2) is 24.1 Å². The van der Waals surface area contributed by atoms with Crippen LogP contribution >= 0.6 is 0 Å². The van der Waals surface area contributed by atoms with Gasteiger partial charge in [0, 0.05) is 48.2 Å². The van der Waals surface area contributed by atoms with Gasteiger partial charge in [-0.2, -0.15) is 0 Å². The van der Waals surface area contributed by atoms with Crippen LogP contribution in [0.25, 0.3) is 22.0 Å². The molecule has 2 aromatic heterocycles. The Balaban J connectivity index is 1.30. The fourth-order valence-electron chi connectivity index (χ4n) is 5.43. The number of hydrogen-bond donors (Lipinski definition) is 3. The highest BCUT2D eigenvalue weighted by Gasteiger charge is 2.31. The summed E-state index contributed by atoms with van der Waals surface area (Å²) in [5.41, 5.74) is 2.13. The number of ether oxygens (including phenoxy) is 1. The Morgan fingerprint density at radius 2 is 1.86 bits per heavy atom. The first kappa shape index (κ1) is 27.4. The molecule has 10 nitrogen and oxygen atoms in total. The molecule has 2 fully saturated rings. The van der Waals surface area contributed by atoms with Crippen molar-refractivity contribution < 1.29 is 23.8 Å². The zero-order valence-electron chi connectivity index (χ0n) is 23.3. The lowest BCUT2D eigenvalue weighted by atomic mass is 9.96. The van der Waals surface area contributed by atoms with Gasteiger partial charge < -0.3 is 25.4 Å². The van der Waals surface area contributed by atoms with E-state index in [2.05, 4.69) is 20.6 Å². The molecule has 0 bridgehead atoms. The molecule has 4 aromatic rings. The average Bonchev–Trinajstić information content (AvgIpc) is 3.82. The van der Waals surface area contributed by atoms with Crippen LogP contribution in [0.5, 0.6) is 11.6 Å². The first-order valence-electron chi connectivity index (χ1n) is 14.0. The standard InChI is InChI=1S/C31H31FN6O4/c1-17-14-20(16-38(15-17)31(40)41)35-30-34-13-11-25(36-30)23-4-3-12-33-29(23)42-27-18(2)5-8-21-22(27)9-10-24(32)26(21)37-28(39)19-6-7-19/h3-5,8-13,17,19-20H,6-7,14-16H2,1-2H3,(H,37,39)(H,40,41)(H,34,35,36)/t17-,20+/m1/s1. The average molecular weight is 571 g/mol. The summed E-state index contributed by atoms with van der Waals surface area (Å²) in [6.45, 7) is 4.76. The molecule has 6 rings (SSSR count). The minimum atomic E-state index is -0.941. The third kappa shape index (κ3) is 5.67. The van der Waals surface area contributed by atoms with Crippen LogP contribution in [0.2, 0.25) is 0 Å². The van der Waals surface area contributed by atoms with Crippen molar-refractivity contribution in [3.8, 4) is 22.9 Å². The van der Waals surface area contributed by atoms with Crippen molar-refractivity contribution >= 4 is 34.4 Å². The molecule has 0 spiro atoms. The maximum atomic E-state index is 14.9. The van der Waals surface area contributed by atoms with E-state index in [-0.39, 0.29) is 29.5 Å². The summed E-state index contributed by atoms with van der Waals surface area (Å²) in [6, 6.07) is 11.8. The largest absolute Gasteiger partial charge is 0.465 e. The van der Waals surface area contributed by atoms with Crippen molar-refractivity contribution in [2.24, 2.45) is 11.8 Å². The van der Waals surface area contributed by atoms with E-state index in [0.717, 1.165) is 24.8 Å². The van der Waals surface area contributed by atoms with E-state index < -0.39 is 11.9 Å². The summed E-state index contributed by atoms with van der Waals surface area (Å²) in [6.07, 6.45) is 4.73. The third-order valence-corrected chi connectivity index (χ3v) is 7.66. The number of benzene rings is 2. The predicted molar refractivity (Wildman–Crippen MR) is 156 cm³/mol.